The Morgan fingerprint density at radius 1 is 1.16 bits per heavy atom. The summed E-state index contributed by atoms with van der Waals surface area (Å²) < 4.78 is 5.14. The predicted molar refractivity (Wildman–Crippen MR) is 103 cm³/mol. The first-order valence-corrected chi connectivity index (χ1v) is 8.24. The lowest BCUT2D eigenvalue weighted by Crippen LogP contribution is -2.34. The van der Waals surface area contributed by atoms with Gasteiger partial charge in [-0.05, 0) is 43.4 Å². The second kappa shape index (κ2) is 8.29. The van der Waals surface area contributed by atoms with Crippen molar-refractivity contribution in [3.63, 3.8) is 0 Å². The van der Waals surface area contributed by atoms with E-state index in [-0.39, 0.29) is 27.2 Å². The highest BCUT2D eigenvalue weighted by molar-refractivity contribution is 7.80. The van der Waals surface area contributed by atoms with E-state index in [9.17, 15) is 9.59 Å². The van der Waals surface area contributed by atoms with Gasteiger partial charge in [-0.15, -0.1) is 0 Å². The fraction of sp³-hybridized carbons (Fsp3) is 0.118. The Bertz CT molecular complexity index is 856. The van der Waals surface area contributed by atoms with Crippen molar-refractivity contribution < 1.29 is 14.3 Å². The van der Waals surface area contributed by atoms with Crippen molar-refractivity contribution >= 4 is 57.9 Å². The molecule has 8 heteroatoms. The molecule has 0 unspecified atom stereocenters. The summed E-state index contributed by atoms with van der Waals surface area (Å²) in [7, 11) is 1.40. The number of hydrogen-bond donors (Lipinski definition) is 2. The minimum atomic E-state index is -0.526. The fourth-order valence-corrected chi connectivity index (χ4v) is 2.87. The van der Waals surface area contributed by atoms with Crippen LogP contribution in [0.1, 0.15) is 27.6 Å². The van der Waals surface area contributed by atoms with Gasteiger partial charge in [0.25, 0.3) is 5.91 Å². The highest BCUT2D eigenvalue weighted by Gasteiger charge is 2.18. The molecular weight excluding hydrogens is 383 g/mol. The van der Waals surface area contributed by atoms with Gasteiger partial charge in [-0.2, -0.15) is 0 Å². The van der Waals surface area contributed by atoms with Crippen LogP contribution in [0.2, 0.25) is 10.0 Å². The summed E-state index contributed by atoms with van der Waals surface area (Å²) in [6, 6.07) is 9.67. The molecule has 5 nitrogen and oxygen atoms in total. The lowest BCUT2D eigenvalue weighted by atomic mass is 10.1. The van der Waals surface area contributed by atoms with E-state index in [1.54, 1.807) is 24.3 Å². The number of carbonyl (C=O) groups excluding carboxylic acids is 2. The number of anilines is 1. The van der Waals surface area contributed by atoms with Crippen LogP contribution in [0.25, 0.3) is 0 Å². The Morgan fingerprint density at radius 2 is 1.88 bits per heavy atom. The van der Waals surface area contributed by atoms with Gasteiger partial charge in [0.15, 0.2) is 10.9 Å². The number of ketones is 1. The molecule has 0 aromatic heterocycles. The standard InChI is InChI=1S/C17H14Cl2N2O3S/c1-9(22)10-4-3-5-12(6-10)20-17(25)21-16(23)13-7-11(18)8-14(19)15(13)24-2/h3-8H,1-2H3,(H2,20,21,23,25). The average Bonchev–Trinajstić information content (AvgIpc) is 2.54. The summed E-state index contributed by atoms with van der Waals surface area (Å²) in [5.41, 5.74) is 1.26. The summed E-state index contributed by atoms with van der Waals surface area (Å²) in [6.07, 6.45) is 0. The molecule has 0 bridgehead atoms. The Balaban J connectivity index is 2.15. The molecule has 1 amide bonds. The topological polar surface area (TPSA) is 67.4 Å². The Hall–Kier alpha value is -2.15. The highest BCUT2D eigenvalue weighted by atomic mass is 35.5. The molecule has 2 rings (SSSR count). The van der Waals surface area contributed by atoms with Gasteiger partial charge in [-0.3, -0.25) is 14.9 Å². The third-order valence-electron chi connectivity index (χ3n) is 3.21. The molecule has 2 aromatic carbocycles. The van der Waals surface area contributed by atoms with Crippen LogP contribution < -0.4 is 15.4 Å². The van der Waals surface area contributed by atoms with Crippen molar-refractivity contribution in [2.24, 2.45) is 0 Å². The van der Waals surface area contributed by atoms with Gasteiger partial charge in [0.2, 0.25) is 0 Å². The number of carbonyl (C=O) groups is 2. The smallest absolute Gasteiger partial charge is 0.261 e. The third kappa shape index (κ3) is 4.92. The molecule has 25 heavy (non-hydrogen) atoms. The first kappa shape index (κ1) is 19.2. The van der Waals surface area contributed by atoms with Crippen LogP contribution in [0.5, 0.6) is 5.75 Å². The van der Waals surface area contributed by atoms with Crippen LogP contribution in [0, 0.1) is 0 Å². The number of nitrogens with one attached hydrogen (secondary N) is 2. The van der Waals surface area contributed by atoms with E-state index < -0.39 is 5.91 Å². The monoisotopic (exact) mass is 396 g/mol. The number of rotatable bonds is 4. The van der Waals surface area contributed by atoms with Crippen LogP contribution in [-0.4, -0.2) is 23.9 Å². The lowest BCUT2D eigenvalue weighted by molar-refractivity contribution is 0.0973. The number of hydrogen-bond acceptors (Lipinski definition) is 4. The number of ether oxygens (including phenoxy) is 1. The van der Waals surface area contributed by atoms with Crippen molar-refractivity contribution in [2.75, 3.05) is 12.4 Å². The average molecular weight is 397 g/mol. The maximum absolute atomic E-state index is 12.4. The number of thiocarbonyl (C=S) groups is 1. The maximum Gasteiger partial charge on any atom is 0.261 e. The van der Waals surface area contributed by atoms with Gasteiger partial charge >= 0.3 is 0 Å². The van der Waals surface area contributed by atoms with Gasteiger partial charge < -0.3 is 10.1 Å². The van der Waals surface area contributed by atoms with E-state index in [0.29, 0.717) is 16.3 Å². The molecule has 0 heterocycles. The summed E-state index contributed by atoms with van der Waals surface area (Å²) in [6.45, 7) is 1.47. The number of amides is 1. The van der Waals surface area contributed by atoms with Crippen molar-refractivity contribution in [2.45, 2.75) is 6.92 Å². The van der Waals surface area contributed by atoms with Crippen LogP contribution in [-0.2, 0) is 0 Å². The molecule has 0 fully saturated rings. The second-order valence-corrected chi connectivity index (χ2v) is 6.27. The largest absolute Gasteiger partial charge is 0.494 e. The summed E-state index contributed by atoms with van der Waals surface area (Å²) in [4.78, 5) is 23.8. The van der Waals surface area contributed by atoms with Crippen LogP contribution >= 0.6 is 35.4 Å². The number of Topliss-reactive ketones (excluding diaryl/α,β-unsaturated/α-hetero) is 1. The van der Waals surface area contributed by atoms with E-state index in [1.165, 1.54) is 26.2 Å². The zero-order valence-corrected chi connectivity index (χ0v) is 15.7. The zero-order valence-electron chi connectivity index (χ0n) is 13.4. The van der Waals surface area contributed by atoms with Gasteiger partial charge in [0.1, 0.15) is 5.75 Å². The van der Waals surface area contributed by atoms with Gasteiger partial charge in [0, 0.05) is 16.3 Å². The molecule has 130 valence electrons. The predicted octanol–water partition coefficient (Wildman–Crippen LogP) is 4.33. The molecule has 0 spiro atoms. The first-order chi connectivity index (χ1) is 11.8. The minimum Gasteiger partial charge on any atom is -0.494 e. The van der Waals surface area contributed by atoms with E-state index >= 15 is 0 Å². The quantitative estimate of drug-likeness (QED) is 0.594. The van der Waals surface area contributed by atoms with Crippen molar-refractivity contribution in [3.8, 4) is 5.75 Å². The van der Waals surface area contributed by atoms with Crippen molar-refractivity contribution in [3.05, 3.63) is 57.6 Å². The van der Waals surface area contributed by atoms with Crippen LogP contribution in [0.15, 0.2) is 36.4 Å². The zero-order chi connectivity index (χ0) is 18.6. The normalized spacial score (nSPS) is 10.1. The molecular formula is C17H14Cl2N2O3S. The van der Waals surface area contributed by atoms with Gasteiger partial charge in [0.05, 0.1) is 17.7 Å². The molecule has 0 saturated carbocycles. The third-order valence-corrected chi connectivity index (χ3v) is 3.91. The minimum absolute atomic E-state index is 0.0591. The molecule has 0 aliphatic rings. The summed E-state index contributed by atoms with van der Waals surface area (Å²) in [5, 5.41) is 5.94. The molecule has 0 atom stereocenters. The molecule has 0 saturated heterocycles. The van der Waals surface area contributed by atoms with Gasteiger partial charge in [-0.25, -0.2) is 0 Å². The van der Waals surface area contributed by atoms with Crippen molar-refractivity contribution in [1.82, 2.24) is 5.32 Å². The molecule has 0 aliphatic carbocycles. The van der Waals surface area contributed by atoms with Gasteiger partial charge in [-0.1, -0.05) is 35.3 Å². The molecule has 0 radical (unpaired) electrons. The van der Waals surface area contributed by atoms with E-state index in [4.69, 9.17) is 40.2 Å². The van der Waals surface area contributed by atoms with E-state index in [1.807, 2.05) is 0 Å². The second-order valence-electron chi connectivity index (χ2n) is 5.01. The summed E-state index contributed by atoms with van der Waals surface area (Å²) >= 11 is 17.1. The molecule has 2 aromatic rings. The maximum atomic E-state index is 12.4. The molecule has 2 N–H and O–H groups in total. The van der Waals surface area contributed by atoms with Crippen LogP contribution in [0.3, 0.4) is 0 Å². The number of benzene rings is 2. The first-order valence-electron chi connectivity index (χ1n) is 7.08. The number of halogens is 2. The van der Waals surface area contributed by atoms with Crippen molar-refractivity contribution in [1.29, 1.82) is 0 Å². The Morgan fingerprint density at radius 3 is 2.52 bits per heavy atom. The van der Waals surface area contributed by atoms with Crippen LogP contribution in [0.4, 0.5) is 5.69 Å². The SMILES string of the molecule is COc1c(Cl)cc(Cl)cc1C(=O)NC(=S)Nc1cccc(C(C)=O)c1. The van der Waals surface area contributed by atoms with E-state index in [0.717, 1.165) is 0 Å². The Labute approximate surface area is 160 Å². The number of methoxy groups -OCH3 is 1. The summed E-state index contributed by atoms with van der Waals surface area (Å²) in [5.74, 6) is -0.400. The lowest BCUT2D eigenvalue weighted by Gasteiger charge is -2.13. The van der Waals surface area contributed by atoms with E-state index in [2.05, 4.69) is 10.6 Å². The highest BCUT2D eigenvalue weighted by Crippen LogP contribution is 2.32. The fourth-order valence-electron chi connectivity index (χ4n) is 2.09. The molecule has 0 aliphatic heterocycles. The Kier molecular flexibility index (Phi) is 6.36.